The summed E-state index contributed by atoms with van der Waals surface area (Å²) in [4.78, 5) is 4.05. The van der Waals surface area contributed by atoms with Crippen LogP contribution in [0, 0.1) is 0 Å². The molecule has 29 heavy (non-hydrogen) atoms. The van der Waals surface area contributed by atoms with Crippen molar-refractivity contribution in [1.82, 2.24) is 29.9 Å². The molecule has 4 aromatic rings. The summed E-state index contributed by atoms with van der Waals surface area (Å²) in [5.41, 5.74) is 1.78. The number of aromatic nitrogens is 6. The van der Waals surface area contributed by atoms with Crippen molar-refractivity contribution < 1.29 is 9.15 Å². The zero-order valence-corrected chi connectivity index (χ0v) is 16.5. The summed E-state index contributed by atoms with van der Waals surface area (Å²) in [7, 11) is 1.63. The van der Waals surface area contributed by atoms with Crippen LogP contribution in [0.1, 0.15) is 5.89 Å². The van der Waals surface area contributed by atoms with Gasteiger partial charge in [0.05, 0.1) is 12.9 Å². The van der Waals surface area contributed by atoms with E-state index in [1.807, 2.05) is 47.0 Å². The molecule has 0 aliphatic heterocycles. The number of hydrogen-bond donors (Lipinski definition) is 0. The third kappa shape index (κ3) is 4.19. The lowest BCUT2D eigenvalue weighted by Crippen LogP contribution is -2.00. The molecule has 0 spiro atoms. The Morgan fingerprint density at radius 1 is 1.03 bits per heavy atom. The Morgan fingerprint density at radius 3 is 2.55 bits per heavy atom. The van der Waals surface area contributed by atoms with Crippen LogP contribution in [0.2, 0.25) is 0 Å². The summed E-state index contributed by atoms with van der Waals surface area (Å²) in [5, 5.41) is 17.7. The topological polar surface area (TPSA) is 91.8 Å². The van der Waals surface area contributed by atoms with Crippen molar-refractivity contribution in [3.63, 3.8) is 0 Å². The van der Waals surface area contributed by atoms with Crippen molar-refractivity contribution in [2.24, 2.45) is 0 Å². The van der Waals surface area contributed by atoms with Crippen LogP contribution in [0.15, 0.2) is 71.0 Å². The number of thioether (sulfide) groups is 1. The number of hydrogen-bond acceptors (Lipinski definition) is 8. The molecule has 9 heteroatoms. The average molecular weight is 406 g/mol. The lowest BCUT2D eigenvalue weighted by molar-refractivity contribution is 0.415. The SMILES string of the molecule is C=CCn1c(SCc2nnc(-c3ccc(OC)cc3)o2)nnc1-c1ccncc1. The maximum atomic E-state index is 5.79. The average Bonchev–Trinajstić information content (AvgIpc) is 3.40. The van der Waals surface area contributed by atoms with Crippen LogP contribution >= 0.6 is 11.8 Å². The fourth-order valence-corrected chi connectivity index (χ4v) is 3.48. The fraction of sp³-hybridized carbons (Fsp3) is 0.150. The summed E-state index contributed by atoms with van der Waals surface area (Å²) >= 11 is 1.48. The number of allylic oxidation sites excluding steroid dienone is 1. The van der Waals surface area contributed by atoms with Gasteiger partial charge in [-0.2, -0.15) is 0 Å². The van der Waals surface area contributed by atoms with Crippen molar-refractivity contribution in [3.05, 3.63) is 67.3 Å². The van der Waals surface area contributed by atoms with Gasteiger partial charge in [0.15, 0.2) is 11.0 Å². The second-order valence-electron chi connectivity index (χ2n) is 5.96. The molecule has 1 aromatic carbocycles. The van der Waals surface area contributed by atoms with Gasteiger partial charge in [0.25, 0.3) is 0 Å². The summed E-state index contributed by atoms with van der Waals surface area (Å²) in [5.74, 6) is 3.00. The van der Waals surface area contributed by atoms with E-state index in [4.69, 9.17) is 9.15 Å². The molecule has 0 aliphatic carbocycles. The molecule has 0 saturated carbocycles. The number of pyridine rings is 1. The van der Waals surface area contributed by atoms with Crippen LogP contribution in [0.5, 0.6) is 5.75 Å². The van der Waals surface area contributed by atoms with E-state index in [9.17, 15) is 0 Å². The van der Waals surface area contributed by atoms with Gasteiger partial charge in [0.2, 0.25) is 11.8 Å². The van der Waals surface area contributed by atoms with E-state index in [2.05, 4.69) is 32.0 Å². The molecule has 4 rings (SSSR count). The minimum atomic E-state index is 0.466. The predicted octanol–water partition coefficient (Wildman–Crippen LogP) is 3.88. The molecular formula is C20H18N6O2S. The Balaban J connectivity index is 1.50. The maximum absolute atomic E-state index is 5.79. The highest BCUT2D eigenvalue weighted by molar-refractivity contribution is 7.98. The molecule has 0 bridgehead atoms. The van der Waals surface area contributed by atoms with Crippen LogP contribution in [-0.4, -0.2) is 37.1 Å². The standard InChI is InChI=1S/C20H18N6O2S/c1-3-12-26-18(14-8-10-21-11-9-14)23-25-20(26)29-13-17-22-24-19(28-17)15-4-6-16(27-2)7-5-15/h3-11H,1,12-13H2,2H3. The van der Waals surface area contributed by atoms with Gasteiger partial charge in [-0.05, 0) is 36.4 Å². The molecule has 0 radical (unpaired) electrons. The van der Waals surface area contributed by atoms with Gasteiger partial charge in [-0.25, -0.2) is 0 Å². The van der Waals surface area contributed by atoms with Crippen molar-refractivity contribution in [1.29, 1.82) is 0 Å². The van der Waals surface area contributed by atoms with Gasteiger partial charge >= 0.3 is 0 Å². The smallest absolute Gasteiger partial charge is 0.247 e. The number of methoxy groups -OCH3 is 1. The number of ether oxygens (including phenoxy) is 1. The normalized spacial score (nSPS) is 10.8. The van der Waals surface area contributed by atoms with Crippen molar-refractivity contribution in [3.8, 4) is 28.6 Å². The summed E-state index contributed by atoms with van der Waals surface area (Å²) in [6.07, 6.45) is 5.27. The molecule has 0 N–H and O–H groups in total. The first kappa shape index (κ1) is 18.9. The second-order valence-corrected chi connectivity index (χ2v) is 6.90. The van der Waals surface area contributed by atoms with Crippen LogP contribution < -0.4 is 4.74 Å². The molecule has 8 nitrogen and oxygen atoms in total. The molecule has 0 saturated heterocycles. The quantitative estimate of drug-likeness (QED) is 0.322. The van der Waals surface area contributed by atoms with Crippen LogP contribution in [0.4, 0.5) is 0 Å². The van der Waals surface area contributed by atoms with Gasteiger partial charge in [0, 0.05) is 30.1 Å². The highest BCUT2D eigenvalue weighted by atomic mass is 32.2. The zero-order chi connectivity index (χ0) is 20.1. The summed E-state index contributed by atoms with van der Waals surface area (Å²) < 4.78 is 12.9. The van der Waals surface area contributed by atoms with E-state index < -0.39 is 0 Å². The first-order valence-corrected chi connectivity index (χ1v) is 9.81. The third-order valence-corrected chi connectivity index (χ3v) is 5.05. The van der Waals surface area contributed by atoms with Gasteiger partial charge in [-0.1, -0.05) is 17.8 Å². The molecule has 3 aromatic heterocycles. The molecule has 0 fully saturated rings. The lowest BCUT2D eigenvalue weighted by atomic mass is 10.2. The van der Waals surface area contributed by atoms with E-state index in [1.54, 1.807) is 19.5 Å². The number of nitrogens with zero attached hydrogens (tertiary/aromatic N) is 6. The van der Waals surface area contributed by atoms with Crippen LogP contribution in [0.3, 0.4) is 0 Å². The van der Waals surface area contributed by atoms with E-state index in [0.717, 1.165) is 27.9 Å². The van der Waals surface area contributed by atoms with Gasteiger partial charge in [-0.3, -0.25) is 9.55 Å². The molecule has 0 amide bonds. The van der Waals surface area contributed by atoms with Crippen LogP contribution in [0.25, 0.3) is 22.8 Å². The minimum absolute atomic E-state index is 0.466. The summed E-state index contributed by atoms with van der Waals surface area (Å²) in [6, 6.07) is 11.3. The maximum Gasteiger partial charge on any atom is 0.247 e. The highest BCUT2D eigenvalue weighted by Gasteiger charge is 2.15. The number of benzene rings is 1. The Morgan fingerprint density at radius 2 is 1.83 bits per heavy atom. The highest BCUT2D eigenvalue weighted by Crippen LogP contribution is 2.27. The molecular weight excluding hydrogens is 388 g/mol. The summed E-state index contributed by atoms with van der Waals surface area (Å²) in [6.45, 7) is 4.42. The van der Waals surface area contributed by atoms with Crippen molar-refractivity contribution in [2.45, 2.75) is 17.5 Å². The Kier molecular flexibility index (Phi) is 5.66. The molecule has 0 unspecified atom stereocenters. The first-order chi connectivity index (χ1) is 14.3. The number of rotatable bonds is 8. The third-order valence-electron chi connectivity index (χ3n) is 4.10. The Hall–Kier alpha value is -3.46. The van der Waals surface area contributed by atoms with Gasteiger partial charge in [0.1, 0.15) is 5.75 Å². The Labute approximate surface area is 171 Å². The van der Waals surface area contributed by atoms with Gasteiger partial charge in [-0.15, -0.1) is 27.0 Å². The van der Waals surface area contributed by atoms with E-state index in [0.29, 0.717) is 24.1 Å². The molecule has 0 aliphatic rings. The zero-order valence-electron chi connectivity index (χ0n) is 15.7. The lowest BCUT2D eigenvalue weighted by Gasteiger charge is -2.06. The monoisotopic (exact) mass is 406 g/mol. The van der Waals surface area contributed by atoms with E-state index >= 15 is 0 Å². The van der Waals surface area contributed by atoms with E-state index in [1.165, 1.54) is 11.8 Å². The van der Waals surface area contributed by atoms with Crippen LogP contribution in [-0.2, 0) is 12.3 Å². The van der Waals surface area contributed by atoms with Crippen molar-refractivity contribution >= 4 is 11.8 Å². The van der Waals surface area contributed by atoms with E-state index in [-0.39, 0.29) is 0 Å². The molecule has 146 valence electrons. The van der Waals surface area contributed by atoms with Crippen molar-refractivity contribution in [2.75, 3.05) is 7.11 Å². The second kappa shape index (κ2) is 8.70. The first-order valence-electron chi connectivity index (χ1n) is 8.82. The fourth-order valence-electron chi connectivity index (χ4n) is 2.69. The minimum Gasteiger partial charge on any atom is -0.497 e. The molecule has 3 heterocycles. The predicted molar refractivity (Wildman–Crippen MR) is 109 cm³/mol. The molecule has 0 atom stereocenters. The largest absolute Gasteiger partial charge is 0.497 e. The Bertz CT molecular complexity index is 1090. The van der Waals surface area contributed by atoms with Gasteiger partial charge < -0.3 is 9.15 Å².